The minimum absolute atomic E-state index is 0.555. The van der Waals surface area contributed by atoms with Crippen LogP contribution in [0.25, 0.3) is 22.3 Å². The fourth-order valence-electron chi connectivity index (χ4n) is 3.25. The van der Waals surface area contributed by atoms with E-state index in [0.717, 1.165) is 27.8 Å². The number of amides is 2. The van der Waals surface area contributed by atoms with Crippen molar-refractivity contribution in [2.75, 3.05) is 5.32 Å². The van der Waals surface area contributed by atoms with Gasteiger partial charge in [0.25, 0.3) is 0 Å². The summed E-state index contributed by atoms with van der Waals surface area (Å²) in [6, 6.07) is 34.8. The number of carbonyl (C=O) groups is 2. The van der Waals surface area contributed by atoms with E-state index in [2.05, 4.69) is 15.8 Å². The molecule has 0 aliphatic rings. The molecule has 4 aromatic carbocycles. The molecule has 156 valence electrons. The van der Waals surface area contributed by atoms with E-state index in [9.17, 15) is 9.59 Å². The first-order valence-corrected chi connectivity index (χ1v) is 10.1. The lowest BCUT2D eigenvalue weighted by Crippen LogP contribution is -2.32. The first-order chi connectivity index (χ1) is 15.7. The van der Waals surface area contributed by atoms with E-state index in [0.29, 0.717) is 5.69 Å². The smallest absolute Gasteiger partial charge is 0.317 e. The lowest BCUT2D eigenvalue weighted by molar-refractivity contribution is -0.136. The molecule has 5 heteroatoms. The van der Waals surface area contributed by atoms with Crippen LogP contribution in [-0.4, -0.2) is 18.0 Å². The van der Waals surface area contributed by atoms with Crippen LogP contribution in [0.5, 0.6) is 0 Å². The first kappa shape index (κ1) is 20.8. The monoisotopic (exact) mass is 419 g/mol. The Morgan fingerprint density at radius 1 is 0.594 bits per heavy atom. The average Bonchev–Trinajstić information content (AvgIpc) is 2.86. The van der Waals surface area contributed by atoms with Crippen molar-refractivity contribution in [1.82, 2.24) is 5.43 Å². The normalized spacial score (nSPS) is 10.6. The number of hydrazone groups is 1. The molecular weight excluding hydrogens is 398 g/mol. The van der Waals surface area contributed by atoms with E-state index >= 15 is 0 Å². The van der Waals surface area contributed by atoms with Crippen LogP contribution in [0.2, 0.25) is 0 Å². The van der Waals surface area contributed by atoms with E-state index in [1.807, 2.05) is 97.1 Å². The topological polar surface area (TPSA) is 70.6 Å². The molecule has 0 saturated carbocycles. The van der Waals surface area contributed by atoms with Gasteiger partial charge < -0.3 is 5.32 Å². The molecule has 0 spiro atoms. The van der Waals surface area contributed by atoms with Crippen molar-refractivity contribution in [3.63, 3.8) is 0 Å². The Hall–Kier alpha value is -4.51. The molecule has 2 N–H and O–H groups in total. The summed E-state index contributed by atoms with van der Waals surface area (Å²) < 4.78 is 0. The summed E-state index contributed by atoms with van der Waals surface area (Å²) in [5.41, 5.74) is 7.62. The Bertz CT molecular complexity index is 1230. The van der Waals surface area contributed by atoms with Gasteiger partial charge in [0, 0.05) is 11.3 Å². The van der Waals surface area contributed by atoms with Gasteiger partial charge in [0.15, 0.2) is 0 Å². The Balaban J connectivity index is 1.37. The van der Waals surface area contributed by atoms with Crippen molar-refractivity contribution >= 4 is 23.7 Å². The highest BCUT2D eigenvalue weighted by molar-refractivity contribution is 6.39. The fourth-order valence-corrected chi connectivity index (χ4v) is 3.25. The largest absolute Gasteiger partial charge is 0.329 e. The average molecular weight is 419 g/mol. The van der Waals surface area contributed by atoms with Gasteiger partial charge in [-0.1, -0.05) is 103 Å². The van der Waals surface area contributed by atoms with E-state index in [1.54, 1.807) is 12.1 Å². The third-order valence-electron chi connectivity index (χ3n) is 4.86. The van der Waals surface area contributed by atoms with E-state index in [1.165, 1.54) is 6.21 Å². The molecule has 0 saturated heterocycles. The summed E-state index contributed by atoms with van der Waals surface area (Å²) in [6.45, 7) is 0. The molecule has 4 rings (SSSR count). The van der Waals surface area contributed by atoms with Crippen LogP contribution in [0.3, 0.4) is 0 Å². The van der Waals surface area contributed by atoms with Crippen LogP contribution >= 0.6 is 0 Å². The Labute approximate surface area is 186 Å². The minimum Gasteiger partial charge on any atom is -0.317 e. The molecular formula is C27H21N3O2. The predicted molar refractivity (Wildman–Crippen MR) is 128 cm³/mol. The maximum absolute atomic E-state index is 12.3. The number of nitrogens with zero attached hydrogens (tertiary/aromatic N) is 1. The van der Waals surface area contributed by atoms with Crippen molar-refractivity contribution < 1.29 is 9.59 Å². The SMILES string of the molecule is O=C(N/N=C/c1ccc(-c2ccccc2)cc1)C(=O)Nc1ccccc1-c1ccccc1. The summed E-state index contributed by atoms with van der Waals surface area (Å²) in [4.78, 5) is 24.5. The van der Waals surface area contributed by atoms with Gasteiger partial charge in [0.2, 0.25) is 0 Å². The molecule has 0 fully saturated rings. The van der Waals surface area contributed by atoms with Gasteiger partial charge in [-0.15, -0.1) is 0 Å². The molecule has 5 nitrogen and oxygen atoms in total. The number of rotatable bonds is 5. The van der Waals surface area contributed by atoms with E-state index in [4.69, 9.17) is 0 Å². The molecule has 0 aliphatic carbocycles. The van der Waals surface area contributed by atoms with Crippen LogP contribution in [0.1, 0.15) is 5.56 Å². The maximum atomic E-state index is 12.3. The van der Waals surface area contributed by atoms with Gasteiger partial charge in [0.1, 0.15) is 0 Å². The zero-order valence-electron chi connectivity index (χ0n) is 17.2. The molecule has 4 aromatic rings. The van der Waals surface area contributed by atoms with Crippen molar-refractivity contribution in [2.24, 2.45) is 5.10 Å². The molecule has 0 heterocycles. The highest BCUT2D eigenvalue weighted by Crippen LogP contribution is 2.27. The highest BCUT2D eigenvalue weighted by atomic mass is 16.2. The minimum atomic E-state index is -0.843. The van der Waals surface area contributed by atoms with Crippen molar-refractivity contribution in [2.45, 2.75) is 0 Å². The van der Waals surface area contributed by atoms with Crippen LogP contribution in [0.4, 0.5) is 5.69 Å². The van der Waals surface area contributed by atoms with Gasteiger partial charge in [0.05, 0.1) is 6.21 Å². The van der Waals surface area contributed by atoms with E-state index in [-0.39, 0.29) is 0 Å². The number of para-hydroxylation sites is 1. The molecule has 0 bridgehead atoms. The molecule has 0 unspecified atom stereocenters. The van der Waals surface area contributed by atoms with Crippen LogP contribution < -0.4 is 10.7 Å². The number of benzene rings is 4. The summed E-state index contributed by atoms with van der Waals surface area (Å²) in [5.74, 6) is -1.63. The van der Waals surface area contributed by atoms with Crippen molar-refractivity contribution in [1.29, 1.82) is 0 Å². The number of carbonyl (C=O) groups excluding carboxylic acids is 2. The Kier molecular flexibility index (Phi) is 6.48. The van der Waals surface area contributed by atoms with Crippen molar-refractivity contribution in [3.05, 3.63) is 115 Å². The third kappa shape index (κ3) is 5.15. The summed E-state index contributed by atoms with van der Waals surface area (Å²) in [7, 11) is 0. The van der Waals surface area contributed by atoms with Gasteiger partial charge >= 0.3 is 11.8 Å². The second-order valence-corrected chi connectivity index (χ2v) is 7.05. The molecule has 0 aliphatic heterocycles. The van der Waals surface area contributed by atoms with Crippen LogP contribution in [-0.2, 0) is 9.59 Å². The van der Waals surface area contributed by atoms with Crippen molar-refractivity contribution in [3.8, 4) is 22.3 Å². The number of hydrogen-bond donors (Lipinski definition) is 2. The molecule has 32 heavy (non-hydrogen) atoms. The maximum Gasteiger partial charge on any atom is 0.329 e. The second kappa shape index (κ2) is 10.00. The standard InChI is InChI=1S/C27H21N3O2/c31-26(29-25-14-8-7-13-24(25)23-11-5-2-6-12-23)27(32)30-28-19-20-15-17-22(18-16-20)21-9-3-1-4-10-21/h1-19H,(H,29,31)(H,30,32)/b28-19+. The highest BCUT2D eigenvalue weighted by Gasteiger charge is 2.15. The summed E-state index contributed by atoms with van der Waals surface area (Å²) in [5, 5.41) is 6.56. The molecule has 0 atom stereocenters. The molecule has 0 aromatic heterocycles. The van der Waals surface area contributed by atoms with Gasteiger partial charge in [-0.25, -0.2) is 5.43 Å². The van der Waals surface area contributed by atoms with Crippen LogP contribution in [0.15, 0.2) is 114 Å². The lowest BCUT2D eigenvalue weighted by Gasteiger charge is -2.10. The van der Waals surface area contributed by atoms with Gasteiger partial charge in [-0.05, 0) is 28.3 Å². The van der Waals surface area contributed by atoms with Crippen LogP contribution in [0, 0.1) is 0 Å². The first-order valence-electron chi connectivity index (χ1n) is 10.1. The quantitative estimate of drug-likeness (QED) is 0.268. The third-order valence-corrected chi connectivity index (χ3v) is 4.86. The molecule has 2 amide bonds. The zero-order chi connectivity index (χ0) is 22.2. The summed E-state index contributed by atoms with van der Waals surface area (Å²) in [6.07, 6.45) is 1.50. The fraction of sp³-hybridized carbons (Fsp3) is 0. The lowest BCUT2D eigenvalue weighted by atomic mass is 10.0. The predicted octanol–water partition coefficient (Wildman–Crippen LogP) is 5.11. The number of anilines is 1. The number of hydrogen-bond acceptors (Lipinski definition) is 3. The Morgan fingerprint density at radius 3 is 1.84 bits per heavy atom. The molecule has 0 radical (unpaired) electrons. The van der Waals surface area contributed by atoms with E-state index < -0.39 is 11.8 Å². The van der Waals surface area contributed by atoms with Gasteiger partial charge in [-0.3, -0.25) is 9.59 Å². The zero-order valence-corrected chi connectivity index (χ0v) is 17.2. The Morgan fingerprint density at radius 2 is 1.16 bits per heavy atom. The summed E-state index contributed by atoms with van der Waals surface area (Å²) >= 11 is 0. The number of nitrogens with one attached hydrogen (secondary N) is 2. The van der Waals surface area contributed by atoms with Gasteiger partial charge in [-0.2, -0.15) is 5.10 Å². The second-order valence-electron chi connectivity index (χ2n) is 7.05.